The molecule has 1 heterocycles. The molecule has 1 aromatic heterocycles. The maximum absolute atomic E-state index is 12.9. The fraction of sp³-hybridized carbons (Fsp3) is 0.400. The Morgan fingerprint density at radius 2 is 1.86 bits per heavy atom. The zero-order valence-corrected chi connectivity index (χ0v) is 16.2. The first kappa shape index (κ1) is 21.7. The van der Waals surface area contributed by atoms with Gasteiger partial charge in [-0.25, -0.2) is 4.98 Å². The Morgan fingerprint density at radius 1 is 1.14 bits per heavy atom. The quantitative estimate of drug-likeness (QED) is 0.423. The summed E-state index contributed by atoms with van der Waals surface area (Å²) in [6.45, 7) is 3.86. The third-order valence-electron chi connectivity index (χ3n) is 4.39. The van der Waals surface area contributed by atoms with Crippen LogP contribution >= 0.6 is 0 Å². The Kier molecular flexibility index (Phi) is 8.29. The summed E-state index contributed by atoms with van der Waals surface area (Å²) in [5, 5.41) is 21.9. The first-order valence-electron chi connectivity index (χ1n) is 9.36. The van der Waals surface area contributed by atoms with Crippen molar-refractivity contribution < 1.29 is 19.6 Å². The van der Waals surface area contributed by atoms with Gasteiger partial charge in [-0.3, -0.25) is 14.6 Å². The van der Waals surface area contributed by atoms with E-state index >= 15 is 0 Å². The van der Waals surface area contributed by atoms with Gasteiger partial charge in [-0.1, -0.05) is 44.2 Å². The van der Waals surface area contributed by atoms with E-state index in [9.17, 15) is 19.6 Å². The van der Waals surface area contributed by atoms with E-state index in [0.29, 0.717) is 12.8 Å². The van der Waals surface area contributed by atoms with Gasteiger partial charge >= 0.3 is 7.12 Å². The molecule has 0 spiro atoms. The molecule has 0 unspecified atom stereocenters. The van der Waals surface area contributed by atoms with Crippen LogP contribution in [0.1, 0.15) is 42.7 Å². The van der Waals surface area contributed by atoms with E-state index in [-0.39, 0.29) is 29.7 Å². The highest BCUT2D eigenvalue weighted by Gasteiger charge is 2.30. The average molecular weight is 383 g/mol. The van der Waals surface area contributed by atoms with Gasteiger partial charge < -0.3 is 15.4 Å². The third kappa shape index (κ3) is 6.86. The van der Waals surface area contributed by atoms with E-state index in [2.05, 4.69) is 15.3 Å². The summed E-state index contributed by atoms with van der Waals surface area (Å²) in [5.41, 5.74) is 1.12. The Balaban J connectivity index is 2.16. The maximum Gasteiger partial charge on any atom is 0.475 e. The zero-order chi connectivity index (χ0) is 20.5. The van der Waals surface area contributed by atoms with Crippen molar-refractivity contribution in [1.29, 1.82) is 0 Å². The molecule has 8 heteroatoms. The van der Waals surface area contributed by atoms with E-state index < -0.39 is 19.0 Å². The summed E-state index contributed by atoms with van der Waals surface area (Å²) in [7, 11) is -1.67. The predicted octanol–water partition coefficient (Wildman–Crippen LogP) is 1.45. The molecule has 3 N–H and O–H groups in total. The number of aromatic nitrogens is 2. The van der Waals surface area contributed by atoms with E-state index in [1.54, 1.807) is 0 Å². The molecule has 1 amide bonds. The molecule has 0 bridgehead atoms. The lowest BCUT2D eigenvalue weighted by Crippen LogP contribution is -2.49. The lowest BCUT2D eigenvalue weighted by Gasteiger charge is -2.23. The van der Waals surface area contributed by atoms with Crippen LogP contribution in [0.15, 0.2) is 48.9 Å². The van der Waals surface area contributed by atoms with E-state index in [0.717, 1.165) is 5.56 Å². The number of nitrogens with zero attached hydrogens (tertiary/aromatic N) is 2. The van der Waals surface area contributed by atoms with Gasteiger partial charge in [0.15, 0.2) is 5.78 Å². The van der Waals surface area contributed by atoms with Gasteiger partial charge in [-0.2, -0.15) is 0 Å². The third-order valence-corrected chi connectivity index (χ3v) is 4.39. The zero-order valence-electron chi connectivity index (χ0n) is 16.2. The summed E-state index contributed by atoms with van der Waals surface area (Å²) in [6, 6.07) is 9.39. The molecule has 2 rings (SSSR count). The van der Waals surface area contributed by atoms with Crippen molar-refractivity contribution in [3.63, 3.8) is 0 Å². The number of carbonyl (C=O) groups is 2. The van der Waals surface area contributed by atoms with Crippen molar-refractivity contribution in [2.75, 3.05) is 0 Å². The van der Waals surface area contributed by atoms with Crippen molar-refractivity contribution in [3.8, 4) is 0 Å². The molecule has 0 saturated heterocycles. The second-order valence-electron chi connectivity index (χ2n) is 7.26. The Morgan fingerprint density at radius 3 is 2.43 bits per heavy atom. The Hall–Kier alpha value is -2.58. The number of carbonyl (C=O) groups excluding carboxylic acids is 2. The summed E-state index contributed by atoms with van der Waals surface area (Å²) < 4.78 is 0. The van der Waals surface area contributed by atoms with E-state index in [4.69, 9.17) is 0 Å². The number of Topliss-reactive ketones (excluding diaryl/α,β-unsaturated/α-hetero) is 1. The Labute approximate surface area is 165 Å². The highest BCUT2D eigenvalue weighted by atomic mass is 16.4. The largest absolute Gasteiger partial charge is 0.475 e. The first-order valence-corrected chi connectivity index (χ1v) is 9.36. The molecule has 28 heavy (non-hydrogen) atoms. The van der Waals surface area contributed by atoms with Crippen molar-refractivity contribution in [3.05, 3.63) is 60.2 Å². The van der Waals surface area contributed by atoms with Gasteiger partial charge in [0.1, 0.15) is 5.69 Å². The van der Waals surface area contributed by atoms with Crippen LogP contribution < -0.4 is 5.32 Å². The minimum atomic E-state index is -1.67. The average Bonchev–Trinajstić information content (AvgIpc) is 2.68. The van der Waals surface area contributed by atoms with Crippen LogP contribution in [-0.2, 0) is 11.2 Å². The van der Waals surface area contributed by atoms with Crippen molar-refractivity contribution >= 4 is 18.8 Å². The summed E-state index contributed by atoms with van der Waals surface area (Å²) in [6.07, 6.45) is 5.01. The molecule has 0 saturated carbocycles. The minimum Gasteiger partial charge on any atom is -0.426 e. The maximum atomic E-state index is 12.9. The molecule has 0 aliphatic carbocycles. The number of benzene rings is 1. The molecular weight excluding hydrogens is 357 g/mol. The number of nitrogens with one attached hydrogen (secondary N) is 1. The van der Waals surface area contributed by atoms with Gasteiger partial charge in [-0.15, -0.1) is 0 Å². The molecule has 2 aromatic rings. The van der Waals surface area contributed by atoms with Crippen LogP contribution in [0.5, 0.6) is 0 Å². The summed E-state index contributed by atoms with van der Waals surface area (Å²) >= 11 is 0. The fourth-order valence-electron chi connectivity index (χ4n) is 2.99. The summed E-state index contributed by atoms with van der Waals surface area (Å²) in [5.74, 6) is -1.96. The van der Waals surface area contributed by atoms with Gasteiger partial charge in [0.25, 0.3) is 0 Å². The lowest BCUT2D eigenvalue weighted by molar-refractivity contribution is -0.125. The van der Waals surface area contributed by atoms with Crippen LogP contribution in [0, 0.1) is 11.8 Å². The fourth-order valence-corrected chi connectivity index (χ4v) is 2.99. The van der Waals surface area contributed by atoms with Crippen LogP contribution in [0.2, 0.25) is 0 Å². The SMILES string of the molecule is CC(C)C[C@H](NC(=O)[C@H](CC(=O)c1cnccn1)Cc1ccccc1)B(O)O. The van der Waals surface area contributed by atoms with Gasteiger partial charge in [0.05, 0.1) is 12.1 Å². The second-order valence-corrected chi connectivity index (χ2v) is 7.26. The highest BCUT2D eigenvalue weighted by Crippen LogP contribution is 2.17. The lowest BCUT2D eigenvalue weighted by atomic mass is 9.74. The molecule has 1 aromatic carbocycles. The topological polar surface area (TPSA) is 112 Å². The predicted molar refractivity (Wildman–Crippen MR) is 106 cm³/mol. The number of ketones is 1. The molecular formula is C20H26BN3O4. The van der Waals surface area contributed by atoms with Gasteiger partial charge in [-0.05, 0) is 24.3 Å². The first-order chi connectivity index (χ1) is 13.4. The normalized spacial score (nSPS) is 13.0. The highest BCUT2D eigenvalue weighted by molar-refractivity contribution is 6.43. The molecule has 0 aliphatic heterocycles. The monoisotopic (exact) mass is 383 g/mol. The van der Waals surface area contributed by atoms with Crippen molar-refractivity contribution in [2.24, 2.45) is 11.8 Å². The standard InChI is InChI=1S/C20H26BN3O4/c1-14(2)10-19(21(27)28)24-20(26)16(11-15-6-4-3-5-7-15)12-18(25)17-13-22-8-9-23-17/h3-9,13-14,16,19,27-28H,10-12H2,1-2H3,(H,24,26)/t16-,19-/m0/s1. The molecule has 0 fully saturated rings. The molecule has 7 nitrogen and oxygen atoms in total. The number of hydrogen-bond acceptors (Lipinski definition) is 6. The molecule has 2 atom stereocenters. The van der Waals surface area contributed by atoms with Gasteiger partial charge in [0, 0.05) is 24.7 Å². The second kappa shape index (κ2) is 10.7. The van der Waals surface area contributed by atoms with Crippen LogP contribution in [0.3, 0.4) is 0 Å². The molecule has 0 radical (unpaired) electrons. The van der Waals surface area contributed by atoms with Gasteiger partial charge in [0.2, 0.25) is 5.91 Å². The molecule has 0 aliphatic rings. The van der Waals surface area contributed by atoms with E-state index in [1.165, 1.54) is 18.6 Å². The number of rotatable bonds is 10. The van der Waals surface area contributed by atoms with Crippen LogP contribution in [-0.4, -0.2) is 44.8 Å². The smallest absolute Gasteiger partial charge is 0.426 e. The number of amides is 1. The van der Waals surface area contributed by atoms with Crippen molar-refractivity contribution in [1.82, 2.24) is 15.3 Å². The Bertz CT molecular complexity index is 757. The number of hydrogen-bond donors (Lipinski definition) is 3. The van der Waals surface area contributed by atoms with Crippen molar-refractivity contribution in [2.45, 2.75) is 39.1 Å². The molecule has 148 valence electrons. The van der Waals surface area contributed by atoms with Crippen LogP contribution in [0.4, 0.5) is 0 Å². The minimum absolute atomic E-state index is 0.0463. The van der Waals surface area contributed by atoms with E-state index in [1.807, 2.05) is 44.2 Å². The summed E-state index contributed by atoms with van der Waals surface area (Å²) in [4.78, 5) is 33.4. The van der Waals surface area contributed by atoms with Crippen LogP contribution in [0.25, 0.3) is 0 Å².